The van der Waals surface area contributed by atoms with Crippen LogP contribution in [0, 0.1) is 13.8 Å². The minimum atomic E-state index is -0.646. The van der Waals surface area contributed by atoms with E-state index in [0.717, 1.165) is 23.1 Å². The zero-order valence-corrected chi connectivity index (χ0v) is 18.1. The Morgan fingerprint density at radius 3 is 2.37 bits per heavy atom. The van der Waals surface area contributed by atoms with Crippen molar-refractivity contribution in [3.63, 3.8) is 0 Å². The highest BCUT2D eigenvalue weighted by molar-refractivity contribution is 6.46. The van der Waals surface area contributed by atoms with Crippen LogP contribution in [-0.4, -0.2) is 42.0 Å². The van der Waals surface area contributed by atoms with Gasteiger partial charge in [0.1, 0.15) is 5.76 Å². The van der Waals surface area contributed by atoms with Crippen LogP contribution < -0.4 is 0 Å². The molecule has 158 valence electrons. The van der Waals surface area contributed by atoms with Gasteiger partial charge in [-0.3, -0.25) is 9.59 Å². The Balaban J connectivity index is 2.12. The molecule has 0 aromatic heterocycles. The predicted molar refractivity (Wildman–Crippen MR) is 117 cm³/mol. The molecule has 1 N–H and O–H groups in total. The lowest BCUT2D eigenvalue weighted by molar-refractivity contribution is -0.140. The number of methoxy groups -OCH3 is 1. The molecule has 1 amide bonds. The van der Waals surface area contributed by atoms with E-state index >= 15 is 0 Å². The van der Waals surface area contributed by atoms with E-state index in [4.69, 9.17) is 4.74 Å². The first-order chi connectivity index (χ1) is 14.4. The van der Waals surface area contributed by atoms with Crippen molar-refractivity contribution in [3.05, 3.63) is 75.9 Å². The lowest BCUT2D eigenvalue weighted by Gasteiger charge is -2.25. The molecule has 1 aliphatic heterocycles. The quantitative estimate of drug-likeness (QED) is 0.321. The summed E-state index contributed by atoms with van der Waals surface area (Å²) in [5.74, 6) is -1.36. The molecule has 2 aromatic rings. The molecule has 1 unspecified atom stereocenters. The number of benzene rings is 2. The summed E-state index contributed by atoms with van der Waals surface area (Å²) in [6, 6.07) is 12.8. The Kier molecular flexibility index (Phi) is 6.73. The van der Waals surface area contributed by atoms with E-state index in [1.165, 1.54) is 5.56 Å². The van der Waals surface area contributed by atoms with Crippen LogP contribution in [-0.2, 0) is 20.7 Å². The van der Waals surface area contributed by atoms with Crippen molar-refractivity contribution >= 4 is 17.4 Å². The summed E-state index contributed by atoms with van der Waals surface area (Å²) in [5, 5.41) is 11.1. The van der Waals surface area contributed by atoms with Gasteiger partial charge in [0, 0.05) is 25.8 Å². The zero-order valence-electron chi connectivity index (χ0n) is 18.1. The average molecular weight is 408 g/mol. The van der Waals surface area contributed by atoms with E-state index in [-0.39, 0.29) is 11.3 Å². The molecular weight excluding hydrogens is 378 g/mol. The molecule has 1 fully saturated rings. The van der Waals surface area contributed by atoms with E-state index in [2.05, 4.69) is 6.92 Å². The first kappa shape index (κ1) is 21.8. The van der Waals surface area contributed by atoms with Gasteiger partial charge in [-0.25, -0.2) is 0 Å². The fourth-order valence-electron chi connectivity index (χ4n) is 3.82. The fraction of sp³-hybridized carbons (Fsp3) is 0.360. The number of Topliss-reactive ketones (excluding diaryl/α,β-unsaturated/α-hetero) is 1. The van der Waals surface area contributed by atoms with Crippen molar-refractivity contribution in [1.29, 1.82) is 0 Å². The number of hydrogen-bond acceptors (Lipinski definition) is 4. The maximum Gasteiger partial charge on any atom is 0.295 e. The van der Waals surface area contributed by atoms with Crippen molar-refractivity contribution in [2.45, 2.75) is 39.7 Å². The van der Waals surface area contributed by atoms with Crippen molar-refractivity contribution in [2.75, 3.05) is 20.3 Å². The SMILES string of the molecule is CCc1ccc(C2/C(=C(/O)c3ccc(C)c(C)c3)C(=O)C(=O)N2CCCOC)cc1. The van der Waals surface area contributed by atoms with Crippen LogP contribution in [0.5, 0.6) is 0 Å². The molecule has 30 heavy (non-hydrogen) atoms. The van der Waals surface area contributed by atoms with Gasteiger partial charge in [0.2, 0.25) is 0 Å². The summed E-state index contributed by atoms with van der Waals surface area (Å²) in [7, 11) is 1.61. The van der Waals surface area contributed by atoms with E-state index in [1.807, 2.05) is 50.2 Å². The van der Waals surface area contributed by atoms with Gasteiger partial charge in [0.05, 0.1) is 11.6 Å². The lowest BCUT2D eigenvalue weighted by atomic mass is 9.93. The van der Waals surface area contributed by atoms with Gasteiger partial charge >= 0.3 is 0 Å². The Morgan fingerprint density at radius 1 is 1.07 bits per heavy atom. The Hall–Kier alpha value is -2.92. The van der Waals surface area contributed by atoms with E-state index in [1.54, 1.807) is 18.1 Å². The molecule has 0 saturated carbocycles. The number of carbonyl (C=O) groups excluding carboxylic acids is 2. The van der Waals surface area contributed by atoms with Gasteiger partial charge in [-0.1, -0.05) is 43.3 Å². The number of rotatable bonds is 7. The van der Waals surface area contributed by atoms with Gasteiger partial charge in [0.25, 0.3) is 11.7 Å². The third kappa shape index (κ3) is 4.17. The number of nitrogens with zero attached hydrogens (tertiary/aromatic N) is 1. The van der Waals surface area contributed by atoms with Crippen LogP contribution in [0.25, 0.3) is 5.76 Å². The summed E-state index contributed by atoms with van der Waals surface area (Å²) in [6.45, 7) is 6.88. The van der Waals surface area contributed by atoms with Gasteiger partial charge in [0.15, 0.2) is 0 Å². The summed E-state index contributed by atoms with van der Waals surface area (Å²) in [6.07, 6.45) is 1.51. The molecule has 1 aliphatic rings. The molecule has 0 spiro atoms. The Labute approximate surface area is 178 Å². The molecule has 3 rings (SSSR count). The standard InChI is InChI=1S/C25H29NO4/c1-5-18-8-11-19(12-9-18)22-21(23(27)20-10-7-16(2)17(3)15-20)24(28)25(29)26(22)13-6-14-30-4/h7-12,15,22,27H,5-6,13-14H2,1-4H3/b23-21-. The average Bonchev–Trinajstić information content (AvgIpc) is 3.00. The minimum Gasteiger partial charge on any atom is -0.507 e. The van der Waals surface area contributed by atoms with Crippen molar-refractivity contribution in [1.82, 2.24) is 4.90 Å². The zero-order chi connectivity index (χ0) is 21.8. The third-order valence-corrected chi connectivity index (χ3v) is 5.77. The number of likely N-dealkylation sites (tertiary alicyclic amines) is 1. The molecule has 2 aromatic carbocycles. The molecule has 1 saturated heterocycles. The number of amides is 1. The fourth-order valence-corrected chi connectivity index (χ4v) is 3.82. The number of ketones is 1. The van der Waals surface area contributed by atoms with Crippen molar-refractivity contribution in [3.8, 4) is 0 Å². The molecule has 5 nitrogen and oxygen atoms in total. The van der Waals surface area contributed by atoms with Gasteiger partial charge in [-0.2, -0.15) is 0 Å². The second-order valence-electron chi connectivity index (χ2n) is 7.73. The Bertz CT molecular complexity index is 975. The number of aliphatic hydroxyl groups excluding tert-OH is 1. The maximum absolute atomic E-state index is 13.0. The third-order valence-electron chi connectivity index (χ3n) is 5.77. The molecule has 0 radical (unpaired) electrons. The summed E-state index contributed by atoms with van der Waals surface area (Å²) in [5.41, 5.74) is 4.78. The molecule has 0 aliphatic carbocycles. The van der Waals surface area contributed by atoms with Crippen LogP contribution in [0.15, 0.2) is 48.0 Å². The summed E-state index contributed by atoms with van der Waals surface area (Å²) in [4.78, 5) is 27.4. The number of aliphatic hydroxyl groups is 1. The van der Waals surface area contributed by atoms with Crippen LogP contribution >= 0.6 is 0 Å². The number of aryl methyl sites for hydroxylation is 3. The lowest BCUT2D eigenvalue weighted by Crippen LogP contribution is -2.31. The highest BCUT2D eigenvalue weighted by Crippen LogP contribution is 2.39. The van der Waals surface area contributed by atoms with Crippen molar-refractivity contribution < 1.29 is 19.4 Å². The number of carbonyl (C=O) groups is 2. The first-order valence-electron chi connectivity index (χ1n) is 10.3. The minimum absolute atomic E-state index is 0.129. The topological polar surface area (TPSA) is 66.8 Å². The monoisotopic (exact) mass is 407 g/mol. The van der Waals surface area contributed by atoms with Crippen LogP contribution in [0.1, 0.15) is 47.2 Å². The second-order valence-corrected chi connectivity index (χ2v) is 7.73. The molecule has 5 heteroatoms. The van der Waals surface area contributed by atoms with Gasteiger partial charge in [-0.05, 0) is 55.0 Å². The van der Waals surface area contributed by atoms with E-state index < -0.39 is 17.7 Å². The normalized spacial score (nSPS) is 18.3. The predicted octanol–water partition coefficient (Wildman–Crippen LogP) is 4.32. The van der Waals surface area contributed by atoms with Crippen LogP contribution in [0.3, 0.4) is 0 Å². The summed E-state index contributed by atoms with van der Waals surface area (Å²) >= 11 is 0. The molecule has 1 heterocycles. The molecular formula is C25H29NO4. The summed E-state index contributed by atoms with van der Waals surface area (Å²) < 4.78 is 5.12. The second kappa shape index (κ2) is 9.26. The molecule has 0 bridgehead atoms. The first-order valence-corrected chi connectivity index (χ1v) is 10.3. The number of hydrogen-bond donors (Lipinski definition) is 1. The Morgan fingerprint density at radius 2 is 1.77 bits per heavy atom. The van der Waals surface area contributed by atoms with Crippen molar-refractivity contribution in [2.24, 2.45) is 0 Å². The smallest absolute Gasteiger partial charge is 0.295 e. The van der Waals surface area contributed by atoms with Crippen LogP contribution in [0.4, 0.5) is 0 Å². The van der Waals surface area contributed by atoms with E-state index in [0.29, 0.717) is 25.1 Å². The highest BCUT2D eigenvalue weighted by atomic mass is 16.5. The van der Waals surface area contributed by atoms with E-state index in [9.17, 15) is 14.7 Å². The number of ether oxygens (including phenoxy) is 1. The highest BCUT2D eigenvalue weighted by Gasteiger charge is 2.45. The van der Waals surface area contributed by atoms with Gasteiger partial charge in [-0.15, -0.1) is 0 Å². The van der Waals surface area contributed by atoms with Crippen LogP contribution in [0.2, 0.25) is 0 Å². The molecule has 1 atom stereocenters. The largest absolute Gasteiger partial charge is 0.507 e. The van der Waals surface area contributed by atoms with Gasteiger partial charge < -0.3 is 14.7 Å². The maximum atomic E-state index is 13.0.